The van der Waals surface area contributed by atoms with Crippen molar-refractivity contribution in [3.63, 3.8) is 0 Å². The van der Waals surface area contributed by atoms with Crippen molar-refractivity contribution in [3.05, 3.63) is 11.2 Å². The summed E-state index contributed by atoms with van der Waals surface area (Å²) in [4.78, 5) is 25.7. The smallest absolute Gasteiger partial charge is 0.314 e. The van der Waals surface area contributed by atoms with E-state index in [1.54, 1.807) is 0 Å². The lowest BCUT2D eigenvalue weighted by atomic mass is 10.5. The number of aromatic nitrogens is 1. The van der Waals surface area contributed by atoms with E-state index in [1.807, 2.05) is 6.92 Å². The molecule has 0 unspecified atom stereocenters. The minimum absolute atomic E-state index is 0.575. The third-order valence-electron chi connectivity index (χ3n) is 1.29. The monoisotopic (exact) mass is 199 g/mol. The van der Waals surface area contributed by atoms with Crippen LogP contribution in [0.15, 0.2) is 6.20 Å². The number of rotatable bonds is 1. The predicted octanol–water partition coefficient (Wildman–Crippen LogP) is 0.136. The molecule has 0 bridgehead atoms. The van der Waals surface area contributed by atoms with Crippen LogP contribution in [0.2, 0.25) is 0 Å². The van der Waals surface area contributed by atoms with Crippen molar-refractivity contribution in [1.82, 2.24) is 10.3 Å². The quantitative estimate of drug-likeness (QED) is 0.632. The standard InChI is InChI=1S/C7H9N3O2S/c1-4-9-3-5(13-4)10-7(12)6(11)8-2/h3H,1-2H3,(H,8,11)(H,10,12). The maximum atomic E-state index is 11.0. The molecule has 1 heterocycles. The molecule has 0 fully saturated rings. The van der Waals surface area contributed by atoms with Gasteiger partial charge in [0.15, 0.2) is 0 Å². The van der Waals surface area contributed by atoms with Crippen molar-refractivity contribution >= 4 is 28.2 Å². The van der Waals surface area contributed by atoms with Gasteiger partial charge in [-0.3, -0.25) is 9.59 Å². The fraction of sp³-hybridized carbons (Fsp3) is 0.286. The molecular formula is C7H9N3O2S. The number of hydrogen-bond acceptors (Lipinski definition) is 4. The van der Waals surface area contributed by atoms with Crippen LogP contribution in [-0.4, -0.2) is 23.8 Å². The van der Waals surface area contributed by atoms with E-state index in [4.69, 9.17) is 0 Å². The number of likely N-dealkylation sites (N-methyl/N-ethyl adjacent to an activating group) is 1. The van der Waals surface area contributed by atoms with Crippen LogP contribution < -0.4 is 10.6 Å². The Kier molecular flexibility index (Phi) is 2.97. The van der Waals surface area contributed by atoms with Gasteiger partial charge in [0.05, 0.1) is 11.2 Å². The average molecular weight is 199 g/mol. The summed E-state index contributed by atoms with van der Waals surface area (Å²) < 4.78 is 0. The van der Waals surface area contributed by atoms with Crippen LogP contribution in [0.4, 0.5) is 5.00 Å². The Balaban J connectivity index is 2.60. The van der Waals surface area contributed by atoms with Crippen molar-refractivity contribution in [1.29, 1.82) is 0 Å². The van der Waals surface area contributed by atoms with Crippen molar-refractivity contribution in [3.8, 4) is 0 Å². The number of thiazole rings is 1. The van der Waals surface area contributed by atoms with E-state index < -0.39 is 11.8 Å². The van der Waals surface area contributed by atoms with E-state index in [1.165, 1.54) is 24.6 Å². The maximum absolute atomic E-state index is 11.0. The van der Waals surface area contributed by atoms with Crippen LogP contribution in [0.3, 0.4) is 0 Å². The van der Waals surface area contributed by atoms with Crippen molar-refractivity contribution in [2.24, 2.45) is 0 Å². The zero-order valence-corrected chi connectivity index (χ0v) is 8.07. The molecule has 13 heavy (non-hydrogen) atoms. The lowest BCUT2D eigenvalue weighted by molar-refractivity contribution is -0.135. The molecule has 0 aromatic carbocycles. The second-order valence-corrected chi connectivity index (χ2v) is 3.51. The Hall–Kier alpha value is -1.43. The summed E-state index contributed by atoms with van der Waals surface area (Å²) in [7, 11) is 1.40. The van der Waals surface area contributed by atoms with Gasteiger partial charge >= 0.3 is 11.8 Å². The molecule has 70 valence electrons. The molecule has 0 spiro atoms. The molecule has 2 N–H and O–H groups in total. The number of nitrogens with zero attached hydrogens (tertiary/aromatic N) is 1. The van der Waals surface area contributed by atoms with Gasteiger partial charge < -0.3 is 10.6 Å². The minimum Gasteiger partial charge on any atom is -0.351 e. The Morgan fingerprint density at radius 3 is 2.62 bits per heavy atom. The van der Waals surface area contributed by atoms with Gasteiger partial charge in [0.25, 0.3) is 0 Å². The summed E-state index contributed by atoms with van der Waals surface area (Å²) in [6.07, 6.45) is 1.51. The molecule has 1 aromatic heterocycles. The van der Waals surface area contributed by atoms with Gasteiger partial charge in [0.1, 0.15) is 5.00 Å². The Labute approximate surface area is 79.2 Å². The molecule has 0 aliphatic carbocycles. The lowest BCUT2D eigenvalue weighted by Crippen LogP contribution is -2.32. The lowest BCUT2D eigenvalue weighted by Gasteiger charge is -1.98. The number of amides is 2. The van der Waals surface area contributed by atoms with Crippen LogP contribution in [0, 0.1) is 6.92 Å². The highest BCUT2D eigenvalue weighted by molar-refractivity contribution is 7.15. The zero-order valence-electron chi connectivity index (χ0n) is 7.25. The van der Waals surface area contributed by atoms with Crippen molar-refractivity contribution in [2.75, 3.05) is 12.4 Å². The Bertz CT molecular complexity index is 334. The maximum Gasteiger partial charge on any atom is 0.314 e. The number of nitrogens with one attached hydrogen (secondary N) is 2. The fourth-order valence-electron chi connectivity index (χ4n) is 0.701. The highest BCUT2D eigenvalue weighted by Crippen LogP contribution is 2.16. The molecule has 1 rings (SSSR count). The molecule has 6 heteroatoms. The summed E-state index contributed by atoms with van der Waals surface area (Å²) in [5.41, 5.74) is 0. The summed E-state index contributed by atoms with van der Waals surface area (Å²) in [6, 6.07) is 0. The first-order valence-corrected chi connectivity index (χ1v) is 4.40. The summed E-state index contributed by atoms with van der Waals surface area (Å²) in [5, 5.41) is 6.06. The van der Waals surface area contributed by atoms with Gasteiger partial charge in [0.2, 0.25) is 0 Å². The number of carbonyl (C=O) groups excluding carboxylic acids is 2. The van der Waals surface area contributed by atoms with E-state index in [-0.39, 0.29) is 0 Å². The van der Waals surface area contributed by atoms with E-state index in [0.29, 0.717) is 5.00 Å². The number of hydrogen-bond donors (Lipinski definition) is 2. The van der Waals surface area contributed by atoms with Crippen molar-refractivity contribution in [2.45, 2.75) is 6.92 Å². The molecule has 1 aromatic rings. The molecule has 0 atom stereocenters. The molecule has 0 aliphatic heterocycles. The van der Waals surface area contributed by atoms with E-state index in [2.05, 4.69) is 15.6 Å². The van der Waals surface area contributed by atoms with E-state index in [9.17, 15) is 9.59 Å². The fourth-order valence-corrected chi connectivity index (χ4v) is 1.37. The summed E-state index contributed by atoms with van der Waals surface area (Å²) in [6.45, 7) is 1.82. The average Bonchev–Trinajstić information content (AvgIpc) is 2.49. The van der Waals surface area contributed by atoms with Crippen LogP contribution in [0.5, 0.6) is 0 Å². The van der Waals surface area contributed by atoms with E-state index in [0.717, 1.165) is 5.01 Å². The van der Waals surface area contributed by atoms with Gasteiger partial charge in [-0.1, -0.05) is 0 Å². The Morgan fingerprint density at radius 1 is 1.46 bits per heavy atom. The second kappa shape index (κ2) is 3.99. The molecule has 0 saturated carbocycles. The predicted molar refractivity (Wildman–Crippen MR) is 49.5 cm³/mol. The second-order valence-electron chi connectivity index (χ2n) is 2.28. The van der Waals surface area contributed by atoms with Crippen molar-refractivity contribution < 1.29 is 9.59 Å². The molecule has 5 nitrogen and oxygen atoms in total. The Morgan fingerprint density at radius 2 is 2.15 bits per heavy atom. The molecule has 0 radical (unpaired) electrons. The van der Waals surface area contributed by atoms with Gasteiger partial charge in [-0.2, -0.15) is 0 Å². The highest BCUT2D eigenvalue weighted by Gasteiger charge is 2.11. The van der Waals surface area contributed by atoms with Gasteiger partial charge in [-0.15, -0.1) is 11.3 Å². The summed E-state index contributed by atoms with van der Waals surface area (Å²) in [5.74, 6) is -1.34. The largest absolute Gasteiger partial charge is 0.351 e. The highest BCUT2D eigenvalue weighted by atomic mass is 32.1. The topological polar surface area (TPSA) is 71.1 Å². The third-order valence-corrected chi connectivity index (χ3v) is 2.12. The van der Waals surface area contributed by atoms with Gasteiger partial charge in [-0.05, 0) is 6.92 Å². The first-order valence-electron chi connectivity index (χ1n) is 3.59. The third kappa shape index (κ3) is 2.51. The zero-order chi connectivity index (χ0) is 9.84. The van der Waals surface area contributed by atoms with E-state index >= 15 is 0 Å². The molecular weight excluding hydrogens is 190 g/mol. The normalized spacial score (nSPS) is 9.38. The van der Waals surface area contributed by atoms with Crippen LogP contribution in [0.1, 0.15) is 5.01 Å². The molecule has 0 aliphatic rings. The number of carbonyl (C=O) groups is 2. The molecule has 2 amide bonds. The van der Waals surface area contributed by atoms with Crippen LogP contribution >= 0.6 is 11.3 Å². The summed E-state index contributed by atoms with van der Waals surface area (Å²) >= 11 is 1.32. The first kappa shape index (κ1) is 9.66. The minimum atomic E-state index is -0.675. The van der Waals surface area contributed by atoms with Gasteiger partial charge in [-0.25, -0.2) is 4.98 Å². The number of anilines is 1. The number of aryl methyl sites for hydroxylation is 1. The van der Waals surface area contributed by atoms with Crippen LogP contribution in [-0.2, 0) is 9.59 Å². The first-order chi connectivity index (χ1) is 6.13. The van der Waals surface area contributed by atoms with Crippen LogP contribution in [0.25, 0.3) is 0 Å². The van der Waals surface area contributed by atoms with Gasteiger partial charge in [0, 0.05) is 7.05 Å². The molecule has 0 saturated heterocycles. The SMILES string of the molecule is CNC(=O)C(=O)Nc1cnc(C)s1.